The molecule has 110 valence electrons. The maximum atomic E-state index is 6.06. The molecule has 0 amide bonds. The Morgan fingerprint density at radius 1 is 1.20 bits per heavy atom. The first-order chi connectivity index (χ1) is 9.59. The second-order valence-electron chi connectivity index (χ2n) is 5.56. The number of hydrogen-bond acceptors (Lipinski definition) is 4. The van der Waals surface area contributed by atoms with E-state index in [1.54, 1.807) is 0 Å². The average Bonchev–Trinajstić information content (AvgIpc) is 2.89. The Morgan fingerprint density at radius 2 is 1.95 bits per heavy atom. The lowest BCUT2D eigenvalue weighted by Gasteiger charge is -2.25. The molecule has 2 aliphatic heterocycles. The van der Waals surface area contributed by atoms with Crippen LogP contribution in [0.25, 0.3) is 0 Å². The van der Waals surface area contributed by atoms with Gasteiger partial charge in [0.15, 0.2) is 12.1 Å². The largest absolute Gasteiger partial charge is 0.368 e. The first-order valence-corrected chi connectivity index (χ1v) is 8.34. The lowest BCUT2D eigenvalue weighted by atomic mass is 10.1. The van der Waals surface area contributed by atoms with Gasteiger partial charge in [0, 0.05) is 4.43 Å². The average molecular weight is 390 g/mol. The van der Waals surface area contributed by atoms with E-state index in [9.17, 15) is 0 Å². The zero-order chi connectivity index (χ0) is 14.2. The normalized spacial score (nSPS) is 35.1. The van der Waals surface area contributed by atoms with Gasteiger partial charge in [0.25, 0.3) is 0 Å². The first-order valence-electron chi connectivity index (χ1n) is 6.82. The summed E-state index contributed by atoms with van der Waals surface area (Å²) < 4.78 is 24.5. The molecular formula is C15H19IO4. The predicted molar refractivity (Wildman–Crippen MR) is 82.6 cm³/mol. The molecule has 0 spiro atoms. The van der Waals surface area contributed by atoms with E-state index in [2.05, 4.69) is 34.7 Å². The molecule has 0 N–H and O–H groups in total. The van der Waals surface area contributed by atoms with Crippen molar-refractivity contribution in [1.82, 2.24) is 0 Å². The summed E-state index contributed by atoms with van der Waals surface area (Å²) in [7, 11) is 0. The summed E-state index contributed by atoms with van der Waals surface area (Å²) >= 11 is 2.31. The molecule has 4 atom stereocenters. The van der Waals surface area contributed by atoms with Crippen molar-refractivity contribution < 1.29 is 18.9 Å². The molecule has 0 aliphatic carbocycles. The maximum Gasteiger partial charge on any atom is 0.190 e. The molecule has 2 saturated heterocycles. The molecule has 1 aromatic carbocycles. The Bertz CT molecular complexity index is 450. The van der Waals surface area contributed by atoms with Crippen molar-refractivity contribution in [3.8, 4) is 0 Å². The smallest absolute Gasteiger partial charge is 0.190 e. The van der Waals surface area contributed by atoms with Crippen LogP contribution in [0.5, 0.6) is 0 Å². The van der Waals surface area contributed by atoms with E-state index in [4.69, 9.17) is 18.9 Å². The fraction of sp³-hybridized carbons (Fsp3) is 0.600. The van der Waals surface area contributed by atoms with Crippen molar-refractivity contribution in [2.45, 2.75) is 50.8 Å². The number of benzene rings is 1. The van der Waals surface area contributed by atoms with Gasteiger partial charge in [-0.25, -0.2) is 0 Å². The van der Waals surface area contributed by atoms with Crippen LogP contribution < -0.4 is 0 Å². The summed E-state index contributed by atoms with van der Waals surface area (Å²) in [6, 6.07) is 10.1. The molecule has 0 aromatic heterocycles. The number of rotatable bonds is 4. The standard InChI is InChI=1S/C15H19IO4/c1-15(2)19-13-12(11(8-16)18-14(13)20-15)17-9-10-6-4-3-5-7-10/h3-7,11-14H,8-9H2,1-2H3/t11-,12-,13-,14-/m1/s1. The summed E-state index contributed by atoms with van der Waals surface area (Å²) in [4.78, 5) is 0. The van der Waals surface area contributed by atoms with Crippen LogP contribution in [0.2, 0.25) is 0 Å². The van der Waals surface area contributed by atoms with E-state index in [-0.39, 0.29) is 24.6 Å². The maximum absolute atomic E-state index is 6.06. The molecule has 5 heteroatoms. The van der Waals surface area contributed by atoms with Crippen LogP contribution in [-0.4, -0.2) is 34.8 Å². The fourth-order valence-electron chi connectivity index (χ4n) is 2.64. The van der Waals surface area contributed by atoms with Gasteiger partial charge < -0.3 is 18.9 Å². The monoisotopic (exact) mass is 390 g/mol. The number of hydrogen-bond donors (Lipinski definition) is 0. The highest BCUT2D eigenvalue weighted by Crippen LogP contribution is 2.39. The van der Waals surface area contributed by atoms with Crippen LogP contribution >= 0.6 is 22.6 Å². The summed E-state index contributed by atoms with van der Waals surface area (Å²) in [6.07, 6.45) is -0.525. The Morgan fingerprint density at radius 3 is 2.65 bits per heavy atom. The molecule has 2 heterocycles. The van der Waals surface area contributed by atoms with E-state index in [0.717, 1.165) is 9.99 Å². The quantitative estimate of drug-likeness (QED) is 0.586. The Balaban J connectivity index is 1.67. The van der Waals surface area contributed by atoms with Gasteiger partial charge in [0.2, 0.25) is 0 Å². The van der Waals surface area contributed by atoms with E-state index in [1.165, 1.54) is 0 Å². The minimum absolute atomic E-state index is 0.0189. The van der Waals surface area contributed by atoms with Crippen LogP contribution in [-0.2, 0) is 25.6 Å². The van der Waals surface area contributed by atoms with Crippen LogP contribution in [0.3, 0.4) is 0 Å². The van der Waals surface area contributed by atoms with Crippen molar-refractivity contribution in [3.63, 3.8) is 0 Å². The minimum Gasteiger partial charge on any atom is -0.368 e. The number of fused-ring (bicyclic) bond motifs is 1. The van der Waals surface area contributed by atoms with Crippen molar-refractivity contribution >= 4 is 22.6 Å². The summed E-state index contributed by atoms with van der Waals surface area (Å²) in [5, 5.41) is 0. The molecule has 3 rings (SSSR count). The van der Waals surface area contributed by atoms with Gasteiger partial charge in [-0.1, -0.05) is 52.9 Å². The zero-order valence-corrected chi connectivity index (χ0v) is 13.8. The molecule has 0 saturated carbocycles. The van der Waals surface area contributed by atoms with Gasteiger partial charge in [-0.05, 0) is 19.4 Å². The van der Waals surface area contributed by atoms with Crippen molar-refractivity contribution in [2.24, 2.45) is 0 Å². The van der Waals surface area contributed by atoms with Crippen LogP contribution in [0.1, 0.15) is 19.4 Å². The van der Waals surface area contributed by atoms with Crippen LogP contribution in [0.4, 0.5) is 0 Å². The third-order valence-corrected chi connectivity index (χ3v) is 4.39. The van der Waals surface area contributed by atoms with E-state index < -0.39 is 5.79 Å². The van der Waals surface area contributed by atoms with Crippen molar-refractivity contribution in [1.29, 1.82) is 0 Å². The van der Waals surface area contributed by atoms with E-state index in [0.29, 0.717) is 6.61 Å². The molecule has 20 heavy (non-hydrogen) atoms. The molecule has 0 bridgehead atoms. The predicted octanol–water partition coefficient (Wildman–Crippen LogP) is 2.88. The summed E-state index contributed by atoms with van der Waals surface area (Å²) in [5.74, 6) is -0.597. The van der Waals surface area contributed by atoms with Crippen LogP contribution in [0.15, 0.2) is 30.3 Å². The van der Waals surface area contributed by atoms with E-state index in [1.807, 2.05) is 32.0 Å². The Hall–Kier alpha value is -0.210. The van der Waals surface area contributed by atoms with Crippen molar-refractivity contribution in [3.05, 3.63) is 35.9 Å². The second kappa shape index (κ2) is 5.88. The summed E-state index contributed by atoms with van der Waals surface area (Å²) in [6.45, 7) is 4.37. The zero-order valence-electron chi connectivity index (χ0n) is 11.6. The third kappa shape index (κ3) is 3.01. The van der Waals surface area contributed by atoms with E-state index >= 15 is 0 Å². The Kier molecular flexibility index (Phi) is 4.33. The lowest BCUT2D eigenvalue weighted by molar-refractivity contribution is -0.215. The molecule has 2 aliphatic rings. The second-order valence-corrected chi connectivity index (χ2v) is 6.44. The van der Waals surface area contributed by atoms with Crippen LogP contribution in [0, 0.1) is 0 Å². The SMILES string of the molecule is CC1(C)O[C@H]2O[C@H](CI)[C@@H](OCc3ccccc3)[C@H]2O1. The molecule has 0 unspecified atom stereocenters. The van der Waals surface area contributed by atoms with Gasteiger partial charge in [-0.2, -0.15) is 0 Å². The molecule has 0 radical (unpaired) electrons. The Labute approximate surface area is 132 Å². The molecule has 4 nitrogen and oxygen atoms in total. The number of halogens is 1. The number of ether oxygens (including phenoxy) is 4. The lowest BCUT2D eigenvalue weighted by Crippen LogP contribution is -2.37. The van der Waals surface area contributed by atoms with Gasteiger partial charge in [0.05, 0.1) is 12.7 Å². The van der Waals surface area contributed by atoms with Gasteiger partial charge in [0.1, 0.15) is 12.2 Å². The first kappa shape index (κ1) is 14.7. The topological polar surface area (TPSA) is 36.9 Å². The summed E-state index contributed by atoms with van der Waals surface area (Å²) in [5.41, 5.74) is 1.15. The molecule has 2 fully saturated rings. The minimum atomic E-state index is -0.597. The van der Waals surface area contributed by atoms with Gasteiger partial charge >= 0.3 is 0 Å². The highest BCUT2D eigenvalue weighted by molar-refractivity contribution is 14.1. The molecule has 1 aromatic rings. The molecular weight excluding hydrogens is 371 g/mol. The van der Waals surface area contributed by atoms with Gasteiger partial charge in [-0.3, -0.25) is 0 Å². The highest BCUT2D eigenvalue weighted by atomic mass is 127. The fourth-order valence-corrected chi connectivity index (χ4v) is 3.35. The highest BCUT2D eigenvalue weighted by Gasteiger charge is 2.54. The third-order valence-electron chi connectivity index (χ3n) is 3.52. The number of alkyl halides is 1. The van der Waals surface area contributed by atoms with Gasteiger partial charge in [-0.15, -0.1) is 0 Å². The van der Waals surface area contributed by atoms with Crippen molar-refractivity contribution in [2.75, 3.05) is 4.43 Å².